The van der Waals surface area contributed by atoms with E-state index in [0.717, 1.165) is 43.6 Å². The number of nitriles is 1. The van der Waals surface area contributed by atoms with Crippen LogP contribution >= 0.6 is 0 Å². The quantitative estimate of drug-likeness (QED) is 0.189. The molecule has 8 aromatic rings. The van der Waals surface area contributed by atoms with Gasteiger partial charge in [-0.1, -0.05) is 92.7 Å². The molecule has 0 atom stereocenters. The number of hydrogen-bond donors (Lipinski definition) is 0. The number of para-hydroxylation sites is 3. The minimum atomic E-state index is -0.174. The molecule has 1 aliphatic carbocycles. The van der Waals surface area contributed by atoms with Gasteiger partial charge in [0.2, 0.25) is 5.69 Å². The molecule has 45 heavy (non-hydrogen) atoms. The lowest BCUT2D eigenvalue weighted by Gasteiger charge is -2.22. The summed E-state index contributed by atoms with van der Waals surface area (Å²) >= 11 is 0. The van der Waals surface area contributed by atoms with Crippen molar-refractivity contribution in [2.45, 2.75) is 19.3 Å². The van der Waals surface area contributed by atoms with Crippen LogP contribution in [0.1, 0.15) is 30.5 Å². The highest BCUT2D eigenvalue weighted by Gasteiger charge is 2.36. The first kappa shape index (κ1) is 25.4. The van der Waals surface area contributed by atoms with E-state index < -0.39 is 0 Å². The summed E-state index contributed by atoms with van der Waals surface area (Å²) in [5.41, 5.74) is 11.4. The minimum Gasteiger partial charge on any atom is -0.319 e. The molecule has 4 nitrogen and oxygen atoms in total. The molecule has 0 saturated heterocycles. The van der Waals surface area contributed by atoms with Gasteiger partial charge in [0.25, 0.3) is 0 Å². The average molecular weight is 575 g/mol. The van der Waals surface area contributed by atoms with Gasteiger partial charge in [0, 0.05) is 27.0 Å². The Morgan fingerprint density at radius 3 is 1.67 bits per heavy atom. The van der Waals surface area contributed by atoms with E-state index in [2.05, 4.69) is 113 Å². The number of rotatable bonds is 2. The van der Waals surface area contributed by atoms with E-state index in [1.807, 2.05) is 42.5 Å². The first-order chi connectivity index (χ1) is 22.0. The molecule has 0 saturated carbocycles. The Kier molecular flexibility index (Phi) is 5.06. The molecule has 0 fully saturated rings. The molecule has 0 amide bonds. The van der Waals surface area contributed by atoms with Crippen LogP contribution in [0.15, 0.2) is 121 Å². The van der Waals surface area contributed by atoms with Gasteiger partial charge in [-0.25, -0.2) is 4.85 Å². The monoisotopic (exact) mass is 574 g/mol. The topological polar surface area (TPSA) is 38.0 Å². The van der Waals surface area contributed by atoms with Gasteiger partial charge in [-0.2, -0.15) is 5.26 Å². The van der Waals surface area contributed by atoms with Crippen molar-refractivity contribution >= 4 is 49.3 Å². The van der Waals surface area contributed by atoms with Crippen LogP contribution in [0.5, 0.6) is 0 Å². The van der Waals surface area contributed by atoms with Gasteiger partial charge >= 0.3 is 0 Å². The van der Waals surface area contributed by atoms with Crippen LogP contribution in [0, 0.1) is 17.9 Å². The van der Waals surface area contributed by atoms with Crippen molar-refractivity contribution in [2.75, 3.05) is 0 Å². The van der Waals surface area contributed by atoms with Gasteiger partial charge in [0.05, 0.1) is 51.6 Å². The molecule has 2 aromatic heterocycles. The standard InChI is InChI=1S/C41H26N4/c1-41(2)32-16-8-4-12-26(32)30-22-31-29-15-7-11-19-36(29)45(37(31)23-33(30)41)39-21-25(24-42)20-38(40(39)43-3)44-34-17-9-5-13-27(34)28-14-6-10-18-35(28)44/h4-23H,1-2H3. The fourth-order valence-corrected chi connectivity index (χ4v) is 7.73. The molecule has 0 aliphatic heterocycles. The van der Waals surface area contributed by atoms with Crippen LogP contribution in [-0.2, 0) is 5.41 Å². The Labute approximate surface area is 260 Å². The molecule has 1 aliphatic rings. The van der Waals surface area contributed by atoms with Crippen LogP contribution in [-0.4, -0.2) is 9.13 Å². The van der Waals surface area contributed by atoms with Crippen molar-refractivity contribution in [1.82, 2.24) is 9.13 Å². The van der Waals surface area contributed by atoms with Gasteiger partial charge in [0.15, 0.2) is 0 Å². The number of hydrogen-bond acceptors (Lipinski definition) is 1. The predicted octanol–water partition coefficient (Wildman–Crippen LogP) is 10.6. The second kappa shape index (κ2) is 8.96. The molecule has 4 heteroatoms. The van der Waals surface area contributed by atoms with Crippen molar-refractivity contribution in [1.29, 1.82) is 5.26 Å². The lowest BCUT2D eigenvalue weighted by Crippen LogP contribution is -2.15. The minimum absolute atomic E-state index is 0.174. The van der Waals surface area contributed by atoms with Gasteiger partial charge in [-0.15, -0.1) is 0 Å². The maximum Gasteiger partial charge on any atom is 0.234 e. The Bertz CT molecular complexity index is 2600. The highest BCUT2D eigenvalue weighted by molar-refractivity contribution is 6.13. The number of aromatic nitrogens is 2. The molecule has 0 N–H and O–H groups in total. The van der Waals surface area contributed by atoms with Crippen LogP contribution in [0.2, 0.25) is 0 Å². The molecule has 6 aromatic carbocycles. The maximum absolute atomic E-state index is 10.3. The third-order valence-corrected chi connectivity index (χ3v) is 9.75. The maximum atomic E-state index is 10.3. The summed E-state index contributed by atoms with van der Waals surface area (Å²) in [7, 11) is 0. The van der Waals surface area contributed by atoms with Crippen molar-refractivity contribution in [2.24, 2.45) is 0 Å². The highest BCUT2D eigenvalue weighted by Crippen LogP contribution is 2.51. The SMILES string of the molecule is [C-]#[N+]c1c(-n2c3ccccc3c3ccccc32)cc(C#N)cc1-n1c2ccccc2c2cc3c(cc21)C(C)(C)c1ccccc1-3. The van der Waals surface area contributed by atoms with Crippen molar-refractivity contribution < 1.29 is 0 Å². The summed E-state index contributed by atoms with van der Waals surface area (Å²) in [6.45, 7) is 13.2. The molecule has 0 bridgehead atoms. The van der Waals surface area contributed by atoms with E-state index >= 15 is 0 Å². The highest BCUT2D eigenvalue weighted by atomic mass is 15.0. The van der Waals surface area contributed by atoms with Gasteiger partial charge in [-0.3, -0.25) is 0 Å². The molecule has 2 heterocycles. The van der Waals surface area contributed by atoms with E-state index in [9.17, 15) is 5.26 Å². The normalized spacial score (nSPS) is 13.2. The second-order valence-corrected chi connectivity index (χ2v) is 12.4. The van der Waals surface area contributed by atoms with Crippen molar-refractivity contribution in [3.05, 3.63) is 149 Å². The van der Waals surface area contributed by atoms with E-state index in [-0.39, 0.29) is 5.41 Å². The fraction of sp³-hybridized carbons (Fsp3) is 0.0732. The zero-order valence-corrected chi connectivity index (χ0v) is 24.8. The fourth-order valence-electron chi connectivity index (χ4n) is 7.73. The zero-order valence-electron chi connectivity index (χ0n) is 24.8. The first-order valence-corrected chi connectivity index (χ1v) is 15.1. The lowest BCUT2D eigenvalue weighted by molar-refractivity contribution is 0.661. The lowest BCUT2D eigenvalue weighted by atomic mass is 9.82. The Morgan fingerprint density at radius 1 is 0.578 bits per heavy atom. The van der Waals surface area contributed by atoms with Crippen LogP contribution in [0.3, 0.4) is 0 Å². The average Bonchev–Trinajstić information content (AvgIpc) is 3.67. The smallest absolute Gasteiger partial charge is 0.234 e. The number of nitrogens with zero attached hydrogens (tertiary/aromatic N) is 4. The van der Waals surface area contributed by atoms with Crippen LogP contribution in [0.4, 0.5) is 5.69 Å². The van der Waals surface area contributed by atoms with E-state index in [0.29, 0.717) is 22.6 Å². The molecular formula is C41H26N4. The molecule has 9 rings (SSSR count). The third-order valence-electron chi connectivity index (χ3n) is 9.75. The summed E-state index contributed by atoms with van der Waals surface area (Å²) < 4.78 is 4.35. The van der Waals surface area contributed by atoms with Crippen molar-refractivity contribution in [3.8, 4) is 28.6 Å². The molecule has 0 spiro atoms. The third kappa shape index (κ3) is 3.29. The Hall–Kier alpha value is -6.10. The first-order valence-electron chi connectivity index (χ1n) is 15.1. The number of fused-ring (bicyclic) bond motifs is 9. The largest absolute Gasteiger partial charge is 0.319 e. The Morgan fingerprint density at radius 2 is 1.09 bits per heavy atom. The van der Waals surface area contributed by atoms with E-state index in [1.165, 1.54) is 22.3 Å². The molecule has 0 unspecified atom stereocenters. The van der Waals surface area contributed by atoms with Crippen LogP contribution in [0.25, 0.3) is 71.0 Å². The predicted molar refractivity (Wildman–Crippen MR) is 184 cm³/mol. The summed E-state index contributed by atoms with van der Waals surface area (Å²) in [6.07, 6.45) is 0. The Balaban J connectivity index is 1.43. The number of benzene rings is 6. The molecule has 0 radical (unpaired) electrons. The van der Waals surface area contributed by atoms with E-state index in [4.69, 9.17) is 6.57 Å². The summed E-state index contributed by atoms with van der Waals surface area (Å²) in [6, 6.07) is 44.4. The van der Waals surface area contributed by atoms with Gasteiger partial charge in [0.1, 0.15) is 0 Å². The summed E-state index contributed by atoms with van der Waals surface area (Å²) in [5, 5.41) is 14.8. The summed E-state index contributed by atoms with van der Waals surface area (Å²) in [5.74, 6) is 0. The summed E-state index contributed by atoms with van der Waals surface area (Å²) in [4.78, 5) is 4.22. The van der Waals surface area contributed by atoms with Crippen LogP contribution < -0.4 is 0 Å². The second-order valence-electron chi connectivity index (χ2n) is 12.4. The zero-order chi connectivity index (χ0) is 30.4. The van der Waals surface area contributed by atoms with Gasteiger partial charge in [-0.05, 0) is 64.7 Å². The molecule has 210 valence electrons. The van der Waals surface area contributed by atoms with E-state index in [1.54, 1.807) is 0 Å². The van der Waals surface area contributed by atoms with Gasteiger partial charge < -0.3 is 9.13 Å². The van der Waals surface area contributed by atoms with Crippen molar-refractivity contribution in [3.63, 3.8) is 0 Å². The molecular weight excluding hydrogens is 548 g/mol.